The van der Waals surface area contributed by atoms with Crippen molar-refractivity contribution in [2.24, 2.45) is 6.98 Å². The van der Waals surface area contributed by atoms with Crippen molar-refractivity contribution < 1.29 is 37.0 Å². The molecular formula is C31H28F5N11O3. The molecule has 0 aliphatic heterocycles. The largest absolute Gasteiger partial charge is 0.453 e. The normalized spacial score (nSPS) is 19.4. The number of carbonyl (C=O) groups is 1. The summed E-state index contributed by atoms with van der Waals surface area (Å²) in [6.45, 7) is -4.39. The maximum atomic E-state index is 14.3. The third-order valence-electron chi connectivity index (χ3n) is 8.36. The molecule has 6 aromatic heterocycles. The predicted octanol–water partition coefficient (Wildman–Crippen LogP) is 5.62. The molecule has 50 heavy (non-hydrogen) atoms. The number of fused-ring (bicyclic) bond motifs is 2. The van der Waals surface area contributed by atoms with Gasteiger partial charge in [-0.2, -0.15) is 27.1 Å². The molecule has 0 radical (unpaired) electrons. The Hall–Kier alpha value is -5.88. The van der Waals surface area contributed by atoms with Crippen molar-refractivity contribution in [3.05, 3.63) is 70.9 Å². The van der Waals surface area contributed by atoms with E-state index in [9.17, 15) is 31.5 Å². The number of pyridine rings is 2. The van der Waals surface area contributed by atoms with Crippen LogP contribution < -0.4 is 16.3 Å². The zero-order valence-electron chi connectivity index (χ0n) is 30.0. The van der Waals surface area contributed by atoms with E-state index < -0.39 is 49.1 Å². The minimum Gasteiger partial charge on any atom is -0.453 e. The van der Waals surface area contributed by atoms with Crippen molar-refractivity contribution in [2.75, 3.05) is 12.4 Å². The second-order valence-electron chi connectivity index (χ2n) is 11.4. The van der Waals surface area contributed by atoms with Crippen LogP contribution in [0, 0.1) is 6.92 Å². The number of methoxy groups -OCH3 is 1. The van der Waals surface area contributed by atoms with Crippen LogP contribution in [-0.2, 0) is 17.9 Å². The number of hydrogen-bond acceptors (Lipinski definition) is 9. The van der Waals surface area contributed by atoms with E-state index in [1.165, 1.54) is 28.1 Å². The van der Waals surface area contributed by atoms with E-state index in [1.54, 1.807) is 0 Å². The lowest BCUT2D eigenvalue weighted by molar-refractivity contribution is -0.137. The Kier molecular flexibility index (Phi) is 6.85. The van der Waals surface area contributed by atoms with Gasteiger partial charge in [0.2, 0.25) is 0 Å². The number of imidazole rings is 2. The van der Waals surface area contributed by atoms with Crippen molar-refractivity contribution in [2.45, 2.75) is 51.0 Å². The molecule has 1 fully saturated rings. The minimum absolute atomic E-state index is 0.0225. The molecule has 1 aliphatic rings. The van der Waals surface area contributed by atoms with E-state index in [-0.39, 0.29) is 75.7 Å². The predicted molar refractivity (Wildman–Crippen MR) is 169 cm³/mol. The molecule has 19 heteroatoms. The second kappa shape index (κ2) is 12.2. The van der Waals surface area contributed by atoms with E-state index in [1.807, 2.05) is 0 Å². The molecule has 1 amide bonds. The Bertz CT molecular complexity index is 2490. The fourth-order valence-electron chi connectivity index (χ4n) is 6.17. The van der Waals surface area contributed by atoms with E-state index in [0.717, 1.165) is 44.2 Å². The first-order valence-electron chi connectivity index (χ1n) is 16.9. The lowest BCUT2D eigenvalue weighted by Gasteiger charge is -2.15. The van der Waals surface area contributed by atoms with Crippen LogP contribution in [0.15, 0.2) is 54.0 Å². The van der Waals surface area contributed by atoms with Crippen molar-refractivity contribution in [3.8, 4) is 22.4 Å². The topological polar surface area (TPSA) is 151 Å². The van der Waals surface area contributed by atoms with Gasteiger partial charge in [-0.25, -0.2) is 28.8 Å². The average molecular weight is 702 g/mol. The number of anilines is 2. The standard InChI is InChI=1S/C31H28F5N11O3/c1-15-26(16-11-39-45(14-16)28(32)33)47-27(40-15)19(20-12-37-7-6-21(20)31(34,35)36)9-25(43-47)42-24-10-22-23(13-38-24)44(2)30(49)46(22)18-5-4-17(8-18)41-29(48)50-3/h6-7,9-14,17-18,28H,4-5,8H2,1-3H3,(H,41,48)(H,38,42,43)/t17-,18+/m0/s1/i2D3,17D. The molecule has 0 saturated heterocycles. The number of carbonyl (C=O) groups excluding carboxylic acids is 1. The highest BCUT2D eigenvalue weighted by Crippen LogP contribution is 2.40. The molecule has 1 aliphatic carbocycles. The Labute approximate surface area is 284 Å². The molecule has 7 rings (SSSR count). The van der Waals surface area contributed by atoms with Gasteiger partial charge in [-0.1, -0.05) is 0 Å². The summed E-state index contributed by atoms with van der Waals surface area (Å²) in [6.07, 6.45) is -0.142. The number of halogens is 5. The SMILES string of the molecule is [2H]C([2H])([2H])n1c(=O)n([C@@H]2CC[C@]([2H])(NC(=O)OC)C2)c2cc(Nc3cc(-c4cnccc4C(F)(F)F)c4nc(C)c(-c5cnn(C(F)F)c5)n4n3)ncc21. The van der Waals surface area contributed by atoms with Crippen LogP contribution in [0.1, 0.15) is 48.6 Å². The maximum Gasteiger partial charge on any atom is 0.417 e. The summed E-state index contributed by atoms with van der Waals surface area (Å²) in [7, 11) is 1.14. The molecule has 260 valence electrons. The number of aryl methyl sites for hydroxylation is 2. The molecule has 0 aromatic carbocycles. The maximum absolute atomic E-state index is 14.3. The van der Waals surface area contributed by atoms with Crippen LogP contribution in [-0.4, -0.2) is 62.7 Å². The summed E-state index contributed by atoms with van der Waals surface area (Å²) < 4.78 is 111. The molecule has 2 atom stereocenters. The summed E-state index contributed by atoms with van der Waals surface area (Å²) in [5.41, 5.74) is -1.96. The van der Waals surface area contributed by atoms with Gasteiger partial charge in [0, 0.05) is 64.5 Å². The summed E-state index contributed by atoms with van der Waals surface area (Å²) in [4.78, 5) is 38.3. The van der Waals surface area contributed by atoms with E-state index in [0.29, 0.717) is 9.25 Å². The molecule has 2 N–H and O–H groups in total. The van der Waals surface area contributed by atoms with Crippen LogP contribution >= 0.6 is 0 Å². The molecule has 0 bridgehead atoms. The minimum atomic E-state index is -4.82. The molecular weight excluding hydrogens is 669 g/mol. The van der Waals surface area contributed by atoms with Crippen molar-refractivity contribution in [1.82, 2.24) is 48.8 Å². The van der Waals surface area contributed by atoms with Gasteiger partial charge in [0.05, 0.1) is 48.9 Å². The Morgan fingerprint density at radius 2 is 1.96 bits per heavy atom. The highest BCUT2D eigenvalue weighted by molar-refractivity contribution is 5.85. The number of hydrogen-bond donors (Lipinski definition) is 2. The van der Waals surface area contributed by atoms with Crippen molar-refractivity contribution >= 4 is 34.4 Å². The number of alkyl carbamates (subject to hydrolysis) is 1. The van der Waals surface area contributed by atoms with E-state index >= 15 is 0 Å². The molecule has 0 spiro atoms. The number of amides is 1. The highest BCUT2D eigenvalue weighted by Gasteiger charge is 2.35. The van der Waals surface area contributed by atoms with Crippen LogP contribution in [0.2, 0.25) is 0 Å². The number of aromatic nitrogens is 9. The number of nitrogens with zero attached hydrogens (tertiary/aromatic N) is 9. The van der Waals surface area contributed by atoms with E-state index in [4.69, 9.17) is 5.48 Å². The first-order chi connectivity index (χ1) is 25.4. The van der Waals surface area contributed by atoms with E-state index in [2.05, 4.69) is 40.5 Å². The molecule has 14 nitrogen and oxygen atoms in total. The zero-order valence-corrected chi connectivity index (χ0v) is 26.0. The van der Waals surface area contributed by atoms with Gasteiger partial charge in [0.25, 0.3) is 0 Å². The molecule has 6 aromatic rings. The summed E-state index contributed by atoms with van der Waals surface area (Å²) >= 11 is 0. The lowest BCUT2D eigenvalue weighted by atomic mass is 10.0. The second-order valence-corrected chi connectivity index (χ2v) is 11.4. The first-order valence-corrected chi connectivity index (χ1v) is 14.9. The molecule has 6 heterocycles. The van der Waals surface area contributed by atoms with Gasteiger partial charge < -0.3 is 15.4 Å². The first kappa shape index (κ1) is 28.0. The third-order valence-corrected chi connectivity index (χ3v) is 8.36. The smallest absolute Gasteiger partial charge is 0.417 e. The van der Waals surface area contributed by atoms with Crippen LogP contribution in [0.3, 0.4) is 0 Å². The van der Waals surface area contributed by atoms with Crippen molar-refractivity contribution in [1.29, 1.82) is 0 Å². The van der Waals surface area contributed by atoms with Crippen molar-refractivity contribution in [3.63, 3.8) is 0 Å². The molecule has 1 saturated carbocycles. The van der Waals surface area contributed by atoms with Crippen LogP contribution in [0.25, 0.3) is 39.1 Å². The molecule has 0 unspecified atom stereocenters. The van der Waals surface area contributed by atoms with Crippen LogP contribution in [0.4, 0.5) is 38.4 Å². The fourth-order valence-corrected chi connectivity index (χ4v) is 6.17. The highest BCUT2D eigenvalue weighted by atomic mass is 19.4. The summed E-state index contributed by atoms with van der Waals surface area (Å²) in [5.74, 6) is -0.135. The number of alkyl halides is 5. The summed E-state index contributed by atoms with van der Waals surface area (Å²) in [6, 6.07) is 1.13. The van der Waals surface area contributed by atoms with Gasteiger partial charge in [-0.15, -0.1) is 5.10 Å². The lowest BCUT2D eigenvalue weighted by Crippen LogP contribution is -2.33. The van der Waals surface area contributed by atoms with Crippen LogP contribution in [0.5, 0.6) is 0 Å². The third kappa shape index (κ3) is 5.67. The van der Waals surface area contributed by atoms with Gasteiger partial charge >= 0.3 is 24.5 Å². The quantitative estimate of drug-likeness (QED) is 0.202. The van der Waals surface area contributed by atoms with Gasteiger partial charge in [-0.05, 0) is 38.3 Å². The Morgan fingerprint density at radius 3 is 2.68 bits per heavy atom. The van der Waals surface area contributed by atoms with Gasteiger partial charge in [-0.3, -0.25) is 14.1 Å². The summed E-state index contributed by atoms with van der Waals surface area (Å²) in [5, 5.41) is 13.6. The fraction of sp³-hybridized carbons (Fsp3) is 0.323. The van der Waals surface area contributed by atoms with Gasteiger partial charge in [0.15, 0.2) is 11.5 Å². The average Bonchev–Trinajstić information content (AvgIpc) is 3.86. The number of rotatable bonds is 7. The number of ether oxygens (including phenoxy) is 1. The van der Waals surface area contributed by atoms with Gasteiger partial charge in [0.1, 0.15) is 5.82 Å². The monoisotopic (exact) mass is 701 g/mol. The Morgan fingerprint density at radius 1 is 1.14 bits per heavy atom. The number of nitrogens with one attached hydrogen (secondary N) is 2. The zero-order chi connectivity index (χ0) is 38.9. The Balaban J connectivity index is 1.39.